The van der Waals surface area contributed by atoms with Crippen LogP contribution in [0.3, 0.4) is 0 Å². The van der Waals surface area contributed by atoms with Crippen LogP contribution in [0.2, 0.25) is 0 Å². The van der Waals surface area contributed by atoms with Crippen molar-refractivity contribution in [3.05, 3.63) is 87.8 Å². The third kappa shape index (κ3) is 5.76. The molecule has 1 N–H and O–H groups in total. The molecule has 0 unspecified atom stereocenters. The zero-order chi connectivity index (χ0) is 21.6. The van der Waals surface area contributed by atoms with Gasteiger partial charge < -0.3 is 10.1 Å². The number of carbonyl (C=O) groups is 2. The van der Waals surface area contributed by atoms with Crippen molar-refractivity contribution < 1.29 is 14.3 Å². The molecule has 0 spiro atoms. The Morgan fingerprint density at radius 3 is 2.34 bits per heavy atom. The van der Waals surface area contributed by atoms with Crippen LogP contribution in [0.1, 0.15) is 38.8 Å². The Labute approximate surface area is 198 Å². The first-order valence-corrected chi connectivity index (χ1v) is 11.4. The van der Waals surface area contributed by atoms with Crippen molar-refractivity contribution in [1.82, 2.24) is 4.90 Å². The lowest BCUT2D eigenvalue weighted by Crippen LogP contribution is -2.30. The highest BCUT2D eigenvalue weighted by Crippen LogP contribution is 2.38. The molecule has 7 heteroatoms. The van der Waals surface area contributed by atoms with Gasteiger partial charge in [-0.1, -0.05) is 60.7 Å². The highest BCUT2D eigenvalue weighted by atomic mass is 35.5. The zero-order valence-corrected chi connectivity index (χ0v) is 19.6. The molecule has 2 heterocycles. The van der Waals surface area contributed by atoms with E-state index >= 15 is 0 Å². The van der Waals surface area contributed by atoms with Gasteiger partial charge in [0, 0.05) is 24.5 Å². The van der Waals surface area contributed by atoms with Crippen LogP contribution in [-0.4, -0.2) is 29.9 Å². The molecule has 2 aromatic carbocycles. The van der Waals surface area contributed by atoms with E-state index in [2.05, 4.69) is 34.5 Å². The molecule has 1 aromatic heterocycles. The minimum Gasteiger partial charge on any atom is -0.462 e. The molecule has 1 aliphatic rings. The van der Waals surface area contributed by atoms with Crippen molar-refractivity contribution in [2.75, 3.05) is 18.5 Å². The molecule has 32 heavy (non-hydrogen) atoms. The standard InChI is InChI=1S/C25H26N2O3S.ClH/c1-2-30-25(29)23-20-13-14-27(16-19-11-7-4-8-12-19)17-21(20)31-24(23)26-22(28)15-18-9-5-3-6-10-18;/h3-12H,2,13-17H2,1H3,(H,26,28);1H. The molecular formula is C25H27ClN2O3S. The third-order valence-electron chi connectivity index (χ3n) is 5.32. The van der Waals surface area contributed by atoms with E-state index in [1.54, 1.807) is 6.92 Å². The Bertz CT molecular complexity index is 1050. The Hall–Kier alpha value is -2.67. The average molecular weight is 471 g/mol. The van der Waals surface area contributed by atoms with Gasteiger partial charge in [0.2, 0.25) is 5.91 Å². The quantitative estimate of drug-likeness (QED) is 0.489. The van der Waals surface area contributed by atoms with Crippen molar-refractivity contribution >= 4 is 40.6 Å². The van der Waals surface area contributed by atoms with Crippen LogP contribution in [0.5, 0.6) is 0 Å². The maximum absolute atomic E-state index is 12.7. The summed E-state index contributed by atoms with van der Waals surface area (Å²) < 4.78 is 5.32. The van der Waals surface area contributed by atoms with E-state index in [0.29, 0.717) is 17.2 Å². The van der Waals surface area contributed by atoms with E-state index < -0.39 is 0 Å². The molecular weight excluding hydrogens is 444 g/mol. The summed E-state index contributed by atoms with van der Waals surface area (Å²) in [5, 5.41) is 3.58. The van der Waals surface area contributed by atoms with Gasteiger partial charge in [0.05, 0.1) is 18.6 Å². The number of hydrogen-bond acceptors (Lipinski definition) is 5. The molecule has 3 aromatic rings. The van der Waals surface area contributed by atoms with Crippen LogP contribution in [0, 0.1) is 0 Å². The molecule has 4 rings (SSSR count). The van der Waals surface area contributed by atoms with Crippen molar-refractivity contribution in [3.63, 3.8) is 0 Å². The molecule has 0 fully saturated rings. The van der Waals surface area contributed by atoms with Gasteiger partial charge in [0.1, 0.15) is 5.00 Å². The van der Waals surface area contributed by atoms with E-state index in [-0.39, 0.29) is 30.7 Å². The summed E-state index contributed by atoms with van der Waals surface area (Å²) in [6.07, 6.45) is 1.03. The van der Waals surface area contributed by atoms with Gasteiger partial charge >= 0.3 is 5.97 Å². The minimum atomic E-state index is -0.355. The number of halogens is 1. The Balaban J connectivity index is 0.00000289. The van der Waals surface area contributed by atoms with E-state index in [4.69, 9.17) is 4.74 Å². The fourth-order valence-corrected chi connectivity index (χ4v) is 5.19. The van der Waals surface area contributed by atoms with Gasteiger partial charge in [0.25, 0.3) is 0 Å². The van der Waals surface area contributed by atoms with Crippen LogP contribution in [0.15, 0.2) is 60.7 Å². The topological polar surface area (TPSA) is 58.6 Å². The lowest BCUT2D eigenvalue weighted by molar-refractivity contribution is -0.115. The number of esters is 1. The third-order valence-corrected chi connectivity index (χ3v) is 6.46. The van der Waals surface area contributed by atoms with E-state index in [1.165, 1.54) is 16.9 Å². The predicted octanol–water partition coefficient (Wildman–Crippen LogP) is 5.09. The number of nitrogens with zero attached hydrogens (tertiary/aromatic N) is 1. The van der Waals surface area contributed by atoms with Crippen LogP contribution < -0.4 is 5.32 Å². The number of amides is 1. The summed E-state index contributed by atoms with van der Waals surface area (Å²) in [6, 6.07) is 20.0. The summed E-state index contributed by atoms with van der Waals surface area (Å²) in [5.74, 6) is -0.483. The molecule has 0 aliphatic carbocycles. The number of fused-ring (bicyclic) bond motifs is 1. The molecule has 0 saturated carbocycles. The molecule has 1 aliphatic heterocycles. The van der Waals surface area contributed by atoms with Gasteiger partial charge in [-0.25, -0.2) is 4.79 Å². The summed E-state index contributed by atoms with van der Waals surface area (Å²) in [7, 11) is 0. The molecule has 0 saturated heterocycles. The van der Waals surface area contributed by atoms with Crippen LogP contribution in [-0.2, 0) is 35.5 Å². The summed E-state index contributed by atoms with van der Waals surface area (Å²) >= 11 is 1.49. The van der Waals surface area contributed by atoms with Crippen LogP contribution in [0.25, 0.3) is 0 Å². The van der Waals surface area contributed by atoms with Gasteiger partial charge in [-0.05, 0) is 30.0 Å². The largest absolute Gasteiger partial charge is 0.462 e. The van der Waals surface area contributed by atoms with Crippen molar-refractivity contribution in [1.29, 1.82) is 0 Å². The average Bonchev–Trinajstić information content (AvgIpc) is 3.12. The molecule has 0 atom stereocenters. The number of thiophene rings is 1. The smallest absolute Gasteiger partial charge is 0.341 e. The number of rotatable bonds is 7. The first-order valence-electron chi connectivity index (χ1n) is 10.6. The number of hydrogen-bond donors (Lipinski definition) is 1. The second-order valence-electron chi connectivity index (χ2n) is 7.59. The highest BCUT2D eigenvalue weighted by molar-refractivity contribution is 7.17. The Morgan fingerprint density at radius 2 is 1.69 bits per heavy atom. The predicted molar refractivity (Wildman–Crippen MR) is 131 cm³/mol. The minimum absolute atomic E-state index is 0. The normalized spacial score (nSPS) is 13.0. The van der Waals surface area contributed by atoms with Crippen molar-refractivity contribution in [2.45, 2.75) is 32.9 Å². The lowest BCUT2D eigenvalue weighted by Gasteiger charge is -2.27. The number of anilines is 1. The number of ether oxygens (including phenoxy) is 1. The Morgan fingerprint density at radius 1 is 1.03 bits per heavy atom. The first-order chi connectivity index (χ1) is 15.1. The number of benzene rings is 2. The Kier molecular flexibility index (Phi) is 8.45. The van der Waals surface area contributed by atoms with E-state index in [0.717, 1.165) is 42.1 Å². The first kappa shape index (κ1) is 24.0. The molecule has 168 valence electrons. The molecule has 0 bridgehead atoms. The lowest BCUT2D eigenvalue weighted by atomic mass is 10.0. The van der Waals surface area contributed by atoms with Crippen LogP contribution in [0.4, 0.5) is 5.00 Å². The van der Waals surface area contributed by atoms with Gasteiger partial charge in [-0.15, -0.1) is 23.7 Å². The summed E-state index contributed by atoms with van der Waals surface area (Å²) in [5.41, 5.74) is 3.75. The monoisotopic (exact) mass is 470 g/mol. The van der Waals surface area contributed by atoms with Crippen molar-refractivity contribution in [2.24, 2.45) is 0 Å². The fourth-order valence-electron chi connectivity index (χ4n) is 3.89. The number of nitrogens with one attached hydrogen (secondary N) is 1. The summed E-state index contributed by atoms with van der Waals surface area (Å²) in [4.78, 5) is 28.9. The molecule has 0 radical (unpaired) electrons. The number of carbonyl (C=O) groups excluding carboxylic acids is 2. The van der Waals surface area contributed by atoms with Crippen molar-refractivity contribution in [3.8, 4) is 0 Å². The highest BCUT2D eigenvalue weighted by Gasteiger charge is 2.29. The van der Waals surface area contributed by atoms with E-state index in [1.807, 2.05) is 36.4 Å². The van der Waals surface area contributed by atoms with Gasteiger partial charge in [-0.2, -0.15) is 0 Å². The second kappa shape index (κ2) is 11.3. The van der Waals surface area contributed by atoms with Gasteiger partial charge in [0.15, 0.2) is 0 Å². The zero-order valence-electron chi connectivity index (χ0n) is 18.0. The maximum Gasteiger partial charge on any atom is 0.341 e. The maximum atomic E-state index is 12.7. The van der Waals surface area contributed by atoms with Crippen LogP contribution >= 0.6 is 23.7 Å². The summed E-state index contributed by atoms with van der Waals surface area (Å²) in [6.45, 7) is 4.59. The molecule has 5 nitrogen and oxygen atoms in total. The SMILES string of the molecule is CCOC(=O)c1c(NC(=O)Cc2ccccc2)sc2c1CCN(Cc1ccccc1)C2.Cl. The fraction of sp³-hybridized carbons (Fsp3) is 0.280. The molecule has 1 amide bonds. The second-order valence-corrected chi connectivity index (χ2v) is 8.69. The van der Waals surface area contributed by atoms with E-state index in [9.17, 15) is 9.59 Å². The van der Waals surface area contributed by atoms with Gasteiger partial charge in [-0.3, -0.25) is 9.69 Å².